The summed E-state index contributed by atoms with van der Waals surface area (Å²) >= 11 is 0. The summed E-state index contributed by atoms with van der Waals surface area (Å²) in [4.78, 5) is 10.9. The van der Waals surface area contributed by atoms with Crippen LogP contribution in [-0.4, -0.2) is 11.1 Å². The number of carboxylic acid groups (broad SMARTS) is 1. The lowest BCUT2D eigenvalue weighted by Gasteiger charge is -2.33. The van der Waals surface area contributed by atoms with Gasteiger partial charge in [-0.15, -0.1) is 0 Å². The molecule has 0 aromatic rings. The van der Waals surface area contributed by atoms with Gasteiger partial charge in [0, 0.05) is 0 Å². The third-order valence-electron chi connectivity index (χ3n) is 3.64. The molecule has 2 unspecified atom stereocenters. The lowest BCUT2D eigenvalue weighted by molar-refractivity contribution is -0.144. The monoisotopic (exact) mass is 168 g/mol. The lowest BCUT2D eigenvalue weighted by atomic mass is 9.72. The van der Waals surface area contributed by atoms with E-state index < -0.39 is 5.97 Å². The molecule has 0 aromatic carbocycles. The van der Waals surface area contributed by atoms with Gasteiger partial charge in [-0.2, -0.15) is 0 Å². The van der Waals surface area contributed by atoms with E-state index in [0.29, 0.717) is 5.92 Å². The molecular weight excluding hydrogens is 152 g/mol. The van der Waals surface area contributed by atoms with Gasteiger partial charge in [-0.1, -0.05) is 25.7 Å². The van der Waals surface area contributed by atoms with Crippen LogP contribution in [0.4, 0.5) is 0 Å². The molecule has 2 aliphatic carbocycles. The molecule has 2 fully saturated rings. The molecule has 2 heteroatoms. The third-order valence-corrected chi connectivity index (χ3v) is 3.64. The maximum absolute atomic E-state index is 10.9. The smallest absolute Gasteiger partial charge is 0.306 e. The second-order valence-corrected chi connectivity index (χ2v) is 4.23. The number of aliphatic carboxylic acids is 1. The first-order valence-corrected chi connectivity index (χ1v) is 5.02. The molecule has 0 heterocycles. The minimum atomic E-state index is -0.551. The Morgan fingerprint density at radius 3 is 2.25 bits per heavy atom. The quantitative estimate of drug-likeness (QED) is 0.686. The fourth-order valence-electron chi connectivity index (χ4n) is 2.73. The summed E-state index contributed by atoms with van der Waals surface area (Å²) in [5.41, 5.74) is 0. The predicted molar refractivity (Wildman–Crippen MR) is 45.8 cm³/mol. The van der Waals surface area contributed by atoms with E-state index in [9.17, 15) is 4.79 Å². The highest BCUT2D eigenvalue weighted by Crippen LogP contribution is 2.45. The maximum atomic E-state index is 10.9. The lowest BCUT2D eigenvalue weighted by Crippen LogP contribution is -2.29. The Balaban J connectivity index is 1.98. The van der Waals surface area contributed by atoms with Crippen LogP contribution >= 0.6 is 0 Å². The van der Waals surface area contributed by atoms with Gasteiger partial charge in [0.1, 0.15) is 0 Å². The molecule has 2 aliphatic rings. The normalized spacial score (nSPS) is 36.3. The first-order valence-electron chi connectivity index (χ1n) is 5.02. The van der Waals surface area contributed by atoms with Crippen molar-refractivity contribution in [2.24, 2.45) is 17.8 Å². The van der Waals surface area contributed by atoms with Crippen LogP contribution in [0.2, 0.25) is 0 Å². The van der Waals surface area contributed by atoms with Crippen molar-refractivity contribution in [2.75, 3.05) is 0 Å². The van der Waals surface area contributed by atoms with Crippen LogP contribution in [-0.2, 0) is 4.79 Å². The van der Waals surface area contributed by atoms with E-state index in [1.165, 1.54) is 25.7 Å². The van der Waals surface area contributed by atoms with Crippen molar-refractivity contribution in [1.29, 1.82) is 0 Å². The van der Waals surface area contributed by atoms with E-state index >= 15 is 0 Å². The van der Waals surface area contributed by atoms with Gasteiger partial charge in [-0.05, 0) is 24.7 Å². The Labute approximate surface area is 73.0 Å². The van der Waals surface area contributed by atoms with Crippen molar-refractivity contribution in [1.82, 2.24) is 0 Å². The molecule has 0 radical (unpaired) electrons. The summed E-state index contributed by atoms with van der Waals surface area (Å²) in [7, 11) is 0. The zero-order valence-electron chi connectivity index (χ0n) is 7.33. The van der Waals surface area contributed by atoms with Crippen molar-refractivity contribution in [3.8, 4) is 0 Å². The second kappa shape index (κ2) is 3.08. The molecule has 12 heavy (non-hydrogen) atoms. The molecule has 0 saturated heterocycles. The molecule has 2 saturated carbocycles. The summed E-state index contributed by atoms with van der Waals surface area (Å²) < 4.78 is 0. The van der Waals surface area contributed by atoms with Crippen molar-refractivity contribution >= 4 is 5.97 Å². The van der Waals surface area contributed by atoms with Crippen LogP contribution in [0.25, 0.3) is 0 Å². The Kier molecular flexibility index (Phi) is 2.07. The van der Waals surface area contributed by atoms with Gasteiger partial charge < -0.3 is 5.11 Å². The Hall–Kier alpha value is -0.530. The molecule has 0 spiro atoms. The Morgan fingerprint density at radius 1 is 1.08 bits per heavy atom. The Morgan fingerprint density at radius 2 is 1.75 bits per heavy atom. The van der Waals surface area contributed by atoms with Crippen LogP contribution < -0.4 is 0 Å². The van der Waals surface area contributed by atoms with Gasteiger partial charge in [0.2, 0.25) is 0 Å². The molecule has 0 aliphatic heterocycles. The van der Waals surface area contributed by atoms with E-state index in [0.717, 1.165) is 18.8 Å². The average Bonchev–Trinajstić information content (AvgIpc) is 2.31. The molecule has 1 N–H and O–H groups in total. The predicted octanol–water partition coefficient (Wildman–Crippen LogP) is 2.29. The third kappa shape index (κ3) is 1.23. The SMILES string of the molecule is O=C(O)C1CCCC1C1CCC1. The summed E-state index contributed by atoms with van der Waals surface area (Å²) in [6.45, 7) is 0. The van der Waals surface area contributed by atoms with Crippen molar-refractivity contribution in [2.45, 2.75) is 38.5 Å². The van der Waals surface area contributed by atoms with Crippen LogP contribution in [0.15, 0.2) is 0 Å². The molecule has 0 aromatic heterocycles. The van der Waals surface area contributed by atoms with E-state index in [2.05, 4.69) is 0 Å². The zero-order valence-corrected chi connectivity index (χ0v) is 7.33. The highest BCUT2D eigenvalue weighted by Gasteiger charge is 2.39. The van der Waals surface area contributed by atoms with Gasteiger partial charge in [0.15, 0.2) is 0 Å². The molecule has 2 atom stereocenters. The maximum Gasteiger partial charge on any atom is 0.306 e. The zero-order chi connectivity index (χ0) is 8.55. The number of hydrogen-bond donors (Lipinski definition) is 1. The highest BCUT2D eigenvalue weighted by atomic mass is 16.4. The van der Waals surface area contributed by atoms with Gasteiger partial charge in [-0.3, -0.25) is 4.79 Å². The fraction of sp³-hybridized carbons (Fsp3) is 0.900. The number of carbonyl (C=O) groups is 1. The summed E-state index contributed by atoms with van der Waals surface area (Å²) in [6.07, 6.45) is 7.13. The fourth-order valence-corrected chi connectivity index (χ4v) is 2.73. The summed E-state index contributed by atoms with van der Waals surface area (Å²) in [5, 5.41) is 8.95. The van der Waals surface area contributed by atoms with Gasteiger partial charge >= 0.3 is 5.97 Å². The minimum Gasteiger partial charge on any atom is -0.481 e. The van der Waals surface area contributed by atoms with E-state index in [-0.39, 0.29) is 5.92 Å². The van der Waals surface area contributed by atoms with E-state index in [1.54, 1.807) is 0 Å². The summed E-state index contributed by atoms with van der Waals surface area (Å²) in [5.74, 6) is 0.726. The molecule has 0 bridgehead atoms. The summed E-state index contributed by atoms with van der Waals surface area (Å²) in [6, 6.07) is 0. The van der Waals surface area contributed by atoms with Crippen LogP contribution in [0.3, 0.4) is 0 Å². The Bertz CT molecular complexity index is 184. The molecule has 2 nitrogen and oxygen atoms in total. The molecule has 0 amide bonds. The standard InChI is InChI=1S/C10H16O2/c11-10(12)9-6-2-5-8(9)7-3-1-4-7/h7-9H,1-6H2,(H,11,12). The molecule has 2 rings (SSSR count). The van der Waals surface area contributed by atoms with E-state index in [1.807, 2.05) is 0 Å². The van der Waals surface area contributed by atoms with Crippen molar-refractivity contribution < 1.29 is 9.90 Å². The molecule has 68 valence electrons. The first-order chi connectivity index (χ1) is 5.79. The highest BCUT2D eigenvalue weighted by molar-refractivity contribution is 5.70. The van der Waals surface area contributed by atoms with Gasteiger partial charge in [0.05, 0.1) is 5.92 Å². The van der Waals surface area contributed by atoms with Gasteiger partial charge in [0.25, 0.3) is 0 Å². The van der Waals surface area contributed by atoms with E-state index in [4.69, 9.17) is 5.11 Å². The minimum absolute atomic E-state index is 0.00435. The first kappa shape index (κ1) is 8.09. The second-order valence-electron chi connectivity index (χ2n) is 4.23. The number of hydrogen-bond acceptors (Lipinski definition) is 1. The molecular formula is C10H16O2. The van der Waals surface area contributed by atoms with Gasteiger partial charge in [-0.25, -0.2) is 0 Å². The van der Waals surface area contributed by atoms with Crippen LogP contribution in [0.1, 0.15) is 38.5 Å². The topological polar surface area (TPSA) is 37.3 Å². The van der Waals surface area contributed by atoms with Crippen LogP contribution in [0, 0.1) is 17.8 Å². The number of rotatable bonds is 2. The van der Waals surface area contributed by atoms with Crippen LogP contribution in [0.5, 0.6) is 0 Å². The average molecular weight is 168 g/mol. The van der Waals surface area contributed by atoms with Crippen molar-refractivity contribution in [3.63, 3.8) is 0 Å². The number of carboxylic acids is 1. The van der Waals surface area contributed by atoms with Crippen molar-refractivity contribution in [3.05, 3.63) is 0 Å². The largest absolute Gasteiger partial charge is 0.481 e.